The molecule has 0 spiro atoms. The Hall–Kier alpha value is -1.62. The molecule has 1 heterocycles. The Balaban J connectivity index is 2.23. The van der Waals surface area contributed by atoms with Gasteiger partial charge < -0.3 is 10.6 Å². The van der Waals surface area contributed by atoms with Gasteiger partial charge in [0.1, 0.15) is 5.82 Å². The van der Waals surface area contributed by atoms with Crippen LogP contribution in [0.25, 0.3) is 0 Å². The summed E-state index contributed by atoms with van der Waals surface area (Å²) in [6.45, 7) is 5.00. The van der Waals surface area contributed by atoms with Gasteiger partial charge in [0.25, 0.3) is 0 Å². The van der Waals surface area contributed by atoms with Gasteiger partial charge in [-0.05, 0) is 37.1 Å². The van der Waals surface area contributed by atoms with Gasteiger partial charge in [0, 0.05) is 16.7 Å². The highest BCUT2D eigenvalue weighted by atomic mass is 79.9. The molecule has 5 heteroatoms. The first kappa shape index (κ1) is 13.8. The summed E-state index contributed by atoms with van der Waals surface area (Å²) >= 11 is 3.49. The van der Waals surface area contributed by atoms with E-state index < -0.39 is 0 Å². The lowest BCUT2D eigenvalue weighted by atomic mass is 10.1. The minimum absolute atomic E-state index is 0.746. The summed E-state index contributed by atoms with van der Waals surface area (Å²) in [6, 6.07) is 6.18. The molecule has 2 aromatic rings. The molecule has 100 valence electrons. The fourth-order valence-corrected chi connectivity index (χ4v) is 2.22. The number of hydrogen-bond acceptors (Lipinski definition) is 4. The van der Waals surface area contributed by atoms with Crippen LogP contribution in [0.2, 0.25) is 0 Å². The fourth-order valence-electron chi connectivity index (χ4n) is 1.81. The Morgan fingerprint density at radius 1 is 1.16 bits per heavy atom. The minimum Gasteiger partial charge on any atom is -0.369 e. The first-order valence-corrected chi connectivity index (χ1v) is 7.13. The van der Waals surface area contributed by atoms with Gasteiger partial charge in [0.2, 0.25) is 0 Å². The first-order valence-electron chi connectivity index (χ1n) is 6.34. The average molecular weight is 321 g/mol. The standard InChI is InChI=1S/C14H17BrN4/c1-3-10-7-11(15)5-6-12(10)18-14-9-16-8-13(19-14)17-4-2/h5-9H,3-4H2,1-2H3,(H2,17,18,19). The molecular formula is C14H17BrN4. The van der Waals surface area contributed by atoms with E-state index >= 15 is 0 Å². The summed E-state index contributed by atoms with van der Waals surface area (Å²) in [4.78, 5) is 8.63. The second kappa shape index (κ2) is 6.52. The van der Waals surface area contributed by atoms with Crippen LogP contribution in [0.4, 0.5) is 17.3 Å². The Morgan fingerprint density at radius 3 is 2.68 bits per heavy atom. The van der Waals surface area contributed by atoms with Crippen molar-refractivity contribution in [2.45, 2.75) is 20.3 Å². The highest BCUT2D eigenvalue weighted by Gasteiger charge is 2.04. The molecule has 0 aliphatic carbocycles. The number of aryl methyl sites for hydroxylation is 1. The third kappa shape index (κ3) is 3.67. The zero-order chi connectivity index (χ0) is 13.7. The van der Waals surface area contributed by atoms with E-state index in [0.29, 0.717) is 0 Å². The molecule has 0 bridgehead atoms. The molecule has 0 amide bonds. The highest BCUT2D eigenvalue weighted by molar-refractivity contribution is 9.10. The van der Waals surface area contributed by atoms with Crippen molar-refractivity contribution in [2.75, 3.05) is 17.2 Å². The molecule has 0 aliphatic rings. The van der Waals surface area contributed by atoms with E-state index in [4.69, 9.17) is 0 Å². The Morgan fingerprint density at radius 2 is 1.95 bits per heavy atom. The first-order chi connectivity index (χ1) is 9.22. The van der Waals surface area contributed by atoms with Crippen molar-refractivity contribution in [3.05, 3.63) is 40.6 Å². The van der Waals surface area contributed by atoms with Crippen molar-refractivity contribution in [3.63, 3.8) is 0 Å². The number of anilines is 3. The van der Waals surface area contributed by atoms with Crippen LogP contribution in [0.15, 0.2) is 35.1 Å². The molecule has 0 aliphatic heterocycles. The molecule has 0 saturated heterocycles. The fraction of sp³-hybridized carbons (Fsp3) is 0.286. The number of nitrogens with one attached hydrogen (secondary N) is 2. The normalized spacial score (nSPS) is 10.3. The average Bonchev–Trinajstić information content (AvgIpc) is 2.41. The number of benzene rings is 1. The molecule has 0 unspecified atom stereocenters. The Labute approximate surface area is 121 Å². The van der Waals surface area contributed by atoms with Crippen molar-refractivity contribution in [1.29, 1.82) is 0 Å². The lowest BCUT2D eigenvalue weighted by Crippen LogP contribution is -2.03. The van der Waals surface area contributed by atoms with E-state index in [9.17, 15) is 0 Å². The van der Waals surface area contributed by atoms with Crippen molar-refractivity contribution in [3.8, 4) is 0 Å². The van der Waals surface area contributed by atoms with Crippen molar-refractivity contribution < 1.29 is 0 Å². The molecule has 1 aromatic carbocycles. The number of halogens is 1. The summed E-state index contributed by atoms with van der Waals surface area (Å²) < 4.78 is 1.09. The molecule has 0 saturated carbocycles. The molecule has 0 fully saturated rings. The van der Waals surface area contributed by atoms with Crippen LogP contribution >= 0.6 is 15.9 Å². The molecule has 4 nitrogen and oxygen atoms in total. The van der Waals surface area contributed by atoms with E-state index in [1.807, 2.05) is 19.1 Å². The summed E-state index contributed by atoms with van der Waals surface area (Å²) in [7, 11) is 0. The van der Waals surface area contributed by atoms with Crippen LogP contribution in [0.3, 0.4) is 0 Å². The van der Waals surface area contributed by atoms with Gasteiger partial charge in [-0.3, -0.25) is 4.98 Å². The molecule has 0 radical (unpaired) electrons. The van der Waals surface area contributed by atoms with E-state index in [0.717, 1.165) is 34.8 Å². The van der Waals surface area contributed by atoms with E-state index in [1.165, 1.54) is 5.56 Å². The van der Waals surface area contributed by atoms with Crippen LogP contribution in [0, 0.1) is 0 Å². The highest BCUT2D eigenvalue weighted by Crippen LogP contribution is 2.24. The van der Waals surface area contributed by atoms with Gasteiger partial charge in [-0.2, -0.15) is 0 Å². The molecule has 1 aromatic heterocycles. The smallest absolute Gasteiger partial charge is 0.151 e. The maximum atomic E-state index is 4.46. The van der Waals surface area contributed by atoms with Crippen LogP contribution in [0.5, 0.6) is 0 Å². The van der Waals surface area contributed by atoms with Gasteiger partial charge >= 0.3 is 0 Å². The summed E-state index contributed by atoms with van der Waals surface area (Å²) in [5, 5.41) is 6.47. The predicted molar refractivity (Wildman–Crippen MR) is 83.0 cm³/mol. The van der Waals surface area contributed by atoms with E-state index in [-0.39, 0.29) is 0 Å². The van der Waals surface area contributed by atoms with Gasteiger partial charge in [-0.25, -0.2) is 4.98 Å². The Kier molecular flexibility index (Phi) is 4.74. The zero-order valence-electron chi connectivity index (χ0n) is 11.1. The zero-order valence-corrected chi connectivity index (χ0v) is 12.7. The lowest BCUT2D eigenvalue weighted by Gasteiger charge is -2.11. The van der Waals surface area contributed by atoms with E-state index in [2.05, 4.69) is 49.5 Å². The molecule has 2 N–H and O–H groups in total. The largest absolute Gasteiger partial charge is 0.369 e. The molecular weight excluding hydrogens is 304 g/mol. The minimum atomic E-state index is 0.746. The summed E-state index contributed by atoms with van der Waals surface area (Å²) in [5.41, 5.74) is 2.30. The lowest BCUT2D eigenvalue weighted by molar-refractivity contribution is 1.11. The van der Waals surface area contributed by atoms with Gasteiger partial charge in [-0.1, -0.05) is 22.9 Å². The maximum absolute atomic E-state index is 4.46. The summed E-state index contributed by atoms with van der Waals surface area (Å²) in [6.07, 6.45) is 4.40. The van der Waals surface area contributed by atoms with Crippen molar-refractivity contribution >= 4 is 33.3 Å². The number of hydrogen-bond donors (Lipinski definition) is 2. The number of rotatable bonds is 5. The van der Waals surface area contributed by atoms with Crippen molar-refractivity contribution in [1.82, 2.24) is 9.97 Å². The van der Waals surface area contributed by atoms with E-state index in [1.54, 1.807) is 12.4 Å². The quantitative estimate of drug-likeness (QED) is 0.875. The maximum Gasteiger partial charge on any atom is 0.151 e. The van der Waals surface area contributed by atoms with Crippen LogP contribution < -0.4 is 10.6 Å². The second-order valence-electron chi connectivity index (χ2n) is 4.10. The predicted octanol–water partition coefficient (Wildman–Crippen LogP) is 3.98. The molecule has 2 rings (SSSR count). The Bertz CT molecular complexity index is 557. The van der Waals surface area contributed by atoms with Gasteiger partial charge in [-0.15, -0.1) is 0 Å². The molecule has 0 atom stereocenters. The topological polar surface area (TPSA) is 49.8 Å². The second-order valence-corrected chi connectivity index (χ2v) is 5.02. The van der Waals surface area contributed by atoms with Crippen LogP contribution in [-0.4, -0.2) is 16.5 Å². The molecule has 19 heavy (non-hydrogen) atoms. The van der Waals surface area contributed by atoms with Crippen LogP contribution in [0.1, 0.15) is 19.4 Å². The van der Waals surface area contributed by atoms with Crippen LogP contribution in [-0.2, 0) is 6.42 Å². The third-order valence-electron chi connectivity index (χ3n) is 2.70. The summed E-state index contributed by atoms with van der Waals surface area (Å²) in [5.74, 6) is 1.53. The SMILES string of the molecule is CCNc1cncc(Nc2ccc(Br)cc2CC)n1. The number of aromatic nitrogens is 2. The van der Waals surface area contributed by atoms with Gasteiger partial charge in [0.05, 0.1) is 12.4 Å². The van der Waals surface area contributed by atoms with Crippen molar-refractivity contribution in [2.24, 2.45) is 0 Å². The third-order valence-corrected chi connectivity index (χ3v) is 3.20. The van der Waals surface area contributed by atoms with Gasteiger partial charge in [0.15, 0.2) is 5.82 Å². The number of nitrogens with zero attached hydrogens (tertiary/aromatic N) is 2. The monoisotopic (exact) mass is 320 g/mol.